The molecule has 0 spiro atoms. The Morgan fingerprint density at radius 3 is 2.37 bits per heavy atom. The van der Waals surface area contributed by atoms with Crippen LogP contribution in [0, 0.1) is 0 Å². The summed E-state index contributed by atoms with van der Waals surface area (Å²) < 4.78 is 0. The number of halogens is 2. The maximum atomic E-state index is 6.19. The molecule has 1 unspecified atom stereocenters. The fourth-order valence-electron chi connectivity index (χ4n) is 2.90. The van der Waals surface area contributed by atoms with Crippen molar-refractivity contribution in [3.63, 3.8) is 0 Å². The number of nitrogens with two attached hydrogens (primary N) is 1. The molecule has 0 bridgehead atoms. The molecule has 3 heteroatoms. The summed E-state index contributed by atoms with van der Waals surface area (Å²) in [5.74, 6) is 0.366. The van der Waals surface area contributed by atoms with Crippen molar-refractivity contribution in [1.29, 1.82) is 0 Å². The second kappa shape index (κ2) is 5.16. The number of hydrogen-bond acceptors (Lipinski definition) is 1. The quantitative estimate of drug-likeness (QED) is 0.793. The van der Waals surface area contributed by atoms with Gasteiger partial charge < -0.3 is 5.73 Å². The van der Waals surface area contributed by atoms with Crippen molar-refractivity contribution in [2.24, 2.45) is 5.73 Å². The third-order valence-corrected chi connectivity index (χ3v) is 4.62. The van der Waals surface area contributed by atoms with E-state index in [1.165, 1.54) is 16.7 Å². The summed E-state index contributed by atoms with van der Waals surface area (Å²) >= 11 is 12.1. The van der Waals surface area contributed by atoms with Gasteiger partial charge in [-0.05, 0) is 41.7 Å². The normalized spacial score (nSPS) is 22.1. The summed E-state index contributed by atoms with van der Waals surface area (Å²) in [4.78, 5) is 0. The largest absolute Gasteiger partial charge is 0.324 e. The molecule has 0 aliphatic heterocycles. The van der Waals surface area contributed by atoms with Crippen molar-refractivity contribution in [3.05, 3.63) is 69.2 Å². The van der Waals surface area contributed by atoms with Gasteiger partial charge in [0.25, 0.3) is 0 Å². The molecule has 3 rings (SSSR count). The fraction of sp³-hybridized carbons (Fsp3) is 0.250. The van der Waals surface area contributed by atoms with E-state index in [0.29, 0.717) is 16.0 Å². The smallest absolute Gasteiger partial charge is 0.0595 e. The molecule has 0 saturated heterocycles. The van der Waals surface area contributed by atoms with Crippen LogP contribution in [0.3, 0.4) is 0 Å². The van der Waals surface area contributed by atoms with Crippen molar-refractivity contribution in [2.45, 2.75) is 24.8 Å². The van der Waals surface area contributed by atoms with Gasteiger partial charge in [-0.3, -0.25) is 0 Å². The Hall–Kier alpha value is -1.02. The van der Waals surface area contributed by atoms with Crippen LogP contribution < -0.4 is 5.73 Å². The lowest BCUT2D eigenvalue weighted by atomic mass is 9.77. The molecule has 1 nitrogen and oxygen atoms in total. The molecule has 2 aromatic carbocycles. The summed E-state index contributed by atoms with van der Waals surface area (Å²) in [7, 11) is 0. The maximum Gasteiger partial charge on any atom is 0.0595 e. The molecule has 1 aliphatic rings. The summed E-state index contributed by atoms with van der Waals surface area (Å²) in [6.45, 7) is 0. The zero-order chi connectivity index (χ0) is 13.4. The standard InChI is InChI=1S/C16H15Cl2N/c17-14-7-5-10(9-15(14)18)11-6-8-16(19)13-4-2-1-3-12(11)13/h1-5,7,9,11,16H,6,8,19H2/t11-,16?/m1/s1. The molecule has 1 aliphatic carbocycles. The van der Waals surface area contributed by atoms with E-state index in [4.69, 9.17) is 28.9 Å². The lowest BCUT2D eigenvalue weighted by Crippen LogP contribution is -2.20. The predicted octanol–water partition coefficient (Wildman–Crippen LogP) is 4.92. The minimum Gasteiger partial charge on any atom is -0.324 e. The minimum atomic E-state index is 0.148. The highest BCUT2D eigenvalue weighted by atomic mass is 35.5. The molecule has 0 aromatic heterocycles. The molecule has 2 atom stereocenters. The number of benzene rings is 2. The van der Waals surface area contributed by atoms with Crippen LogP contribution in [0.15, 0.2) is 42.5 Å². The molecular formula is C16H15Cl2N. The van der Waals surface area contributed by atoms with Crippen LogP contribution in [0.25, 0.3) is 0 Å². The Balaban J connectivity index is 2.07. The van der Waals surface area contributed by atoms with Gasteiger partial charge in [-0.25, -0.2) is 0 Å². The first kappa shape index (κ1) is 13.0. The maximum absolute atomic E-state index is 6.19. The summed E-state index contributed by atoms with van der Waals surface area (Å²) in [5.41, 5.74) is 9.98. The van der Waals surface area contributed by atoms with Gasteiger partial charge >= 0.3 is 0 Å². The van der Waals surface area contributed by atoms with Crippen LogP contribution in [0.1, 0.15) is 41.5 Å². The Labute approximate surface area is 123 Å². The fourth-order valence-corrected chi connectivity index (χ4v) is 3.21. The van der Waals surface area contributed by atoms with E-state index in [9.17, 15) is 0 Å². The van der Waals surface area contributed by atoms with Crippen LogP contribution in [0.2, 0.25) is 10.0 Å². The highest BCUT2D eigenvalue weighted by Gasteiger charge is 2.26. The molecule has 0 saturated carbocycles. The Morgan fingerprint density at radius 1 is 0.895 bits per heavy atom. The Morgan fingerprint density at radius 2 is 1.63 bits per heavy atom. The first-order valence-corrected chi connectivity index (χ1v) is 7.22. The summed E-state index contributed by atoms with van der Waals surface area (Å²) in [5, 5.41) is 1.22. The third kappa shape index (κ3) is 2.38. The molecule has 98 valence electrons. The molecule has 2 aromatic rings. The first-order chi connectivity index (χ1) is 9.16. The molecule has 0 amide bonds. The average Bonchev–Trinajstić information content (AvgIpc) is 2.43. The van der Waals surface area contributed by atoms with Gasteiger partial charge in [0, 0.05) is 12.0 Å². The first-order valence-electron chi connectivity index (χ1n) is 6.46. The van der Waals surface area contributed by atoms with Gasteiger partial charge in [-0.1, -0.05) is 53.5 Å². The number of hydrogen-bond donors (Lipinski definition) is 1. The van der Waals surface area contributed by atoms with Gasteiger partial charge in [0.05, 0.1) is 10.0 Å². The SMILES string of the molecule is NC1CC[C@H](c2ccc(Cl)c(Cl)c2)c2ccccc21. The molecule has 19 heavy (non-hydrogen) atoms. The zero-order valence-corrected chi connectivity index (χ0v) is 12.0. The van der Waals surface area contributed by atoms with E-state index in [-0.39, 0.29) is 6.04 Å². The Bertz CT molecular complexity index is 609. The van der Waals surface area contributed by atoms with E-state index in [0.717, 1.165) is 12.8 Å². The van der Waals surface area contributed by atoms with Crippen molar-refractivity contribution >= 4 is 23.2 Å². The molecule has 2 N–H and O–H groups in total. The summed E-state index contributed by atoms with van der Waals surface area (Å²) in [6, 6.07) is 14.5. The topological polar surface area (TPSA) is 26.0 Å². The van der Waals surface area contributed by atoms with Crippen molar-refractivity contribution in [1.82, 2.24) is 0 Å². The van der Waals surface area contributed by atoms with Crippen LogP contribution in [0.4, 0.5) is 0 Å². The van der Waals surface area contributed by atoms with Crippen LogP contribution >= 0.6 is 23.2 Å². The molecule has 0 radical (unpaired) electrons. The van der Waals surface area contributed by atoms with Gasteiger partial charge in [0.2, 0.25) is 0 Å². The molecular weight excluding hydrogens is 277 g/mol. The third-order valence-electron chi connectivity index (χ3n) is 3.88. The van der Waals surface area contributed by atoms with Gasteiger partial charge in [-0.15, -0.1) is 0 Å². The predicted molar refractivity (Wildman–Crippen MR) is 80.9 cm³/mol. The van der Waals surface area contributed by atoms with Crippen molar-refractivity contribution < 1.29 is 0 Å². The van der Waals surface area contributed by atoms with E-state index in [1.807, 2.05) is 12.1 Å². The average molecular weight is 292 g/mol. The van der Waals surface area contributed by atoms with E-state index >= 15 is 0 Å². The summed E-state index contributed by atoms with van der Waals surface area (Å²) in [6.07, 6.45) is 2.05. The number of fused-ring (bicyclic) bond motifs is 1. The van der Waals surface area contributed by atoms with Crippen molar-refractivity contribution in [3.8, 4) is 0 Å². The van der Waals surface area contributed by atoms with Gasteiger partial charge in [0.15, 0.2) is 0 Å². The zero-order valence-electron chi connectivity index (χ0n) is 10.4. The van der Waals surface area contributed by atoms with E-state index in [1.54, 1.807) is 0 Å². The van der Waals surface area contributed by atoms with Gasteiger partial charge in [-0.2, -0.15) is 0 Å². The second-order valence-corrected chi connectivity index (χ2v) is 5.85. The Kier molecular flexibility index (Phi) is 3.53. The molecule has 0 heterocycles. The van der Waals surface area contributed by atoms with E-state index in [2.05, 4.69) is 30.3 Å². The number of rotatable bonds is 1. The monoisotopic (exact) mass is 291 g/mol. The highest BCUT2D eigenvalue weighted by molar-refractivity contribution is 6.42. The van der Waals surface area contributed by atoms with Crippen LogP contribution in [-0.2, 0) is 0 Å². The minimum absolute atomic E-state index is 0.148. The molecule has 0 fully saturated rings. The highest BCUT2D eigenvalue weighted by Crippen LogP contribution is 2.41. The van der Waals surface area contributed by atoms with Crippen LogP contribution in [-0.4, -0.2) is 0 Å². The van der Waals surface area contributed by atoms with Gasteiger partial charge in [0.1, 0.15) is 0 Å². The lowest BCUT2D eigenvalue weighted by molar-refractivity contribution is 0.530. The second-order valence-electron chi connectivity index (χ2n) is 5.04. The van der Waals surface area contributed by atoms with E-state index < -0.39 is 0 Å². The van der Waals surface area contributed by atoms with Crippen LogP contribution in [0.5, 0.6) is 0 Å². The lowest BCUT2D eigenvalue weighted by Gasteiger charge is -2.30. The van der Waals surface area contributed by atoms with Crippen molar-refractivity contribution in [2.75, 3.05) is 0 Å².